The first-order chi connectivity index (χ1) is 9.15. The second kappa shape index (κ2) is 4.79. The molecule has 3 rings (SSSR count). The van der Waals surface area contributed by atoms with Gasteiger partial charge < -0.3 is 9.55 Å². The summed E-state index contributed by atoms with van der Waals surface area (Å²) in [6, 6.07) is 12.6. The quantitative estimate of drug-likeness (QED) is 0.688. The van der Waals surface area contributed by atoms with E-state index in [9.17, 15) is 4.39 Å². The number of imidazole rings is 1. The number of nitrogens with one attached hydrogen (secondary N) is 1. The van der Waals surface area contributed by atoms with Crippen molar-refractivity contribution < 1.29 is 4.39 Å². The van der Waals surface area contributed by atoms with Crippen LogP contribution in [0.25, 0.3) is 11.0 Å². The molecule has 0 saturated heterocycles. The van der Waals surface area contributed by atoms with E-state index in [1.807, 2.05) is 28.8 Å². The minimum Gasteiger partial charge on any atom is -0.331 e. The number of hydrogen-bond acceptors (Lipinski definition) is 1. The highest BCUT2D eigenvalue weighted by Gasteiger charge is 2.06. The maximum atomic E-state index is 13.1. The number of aromatic amines is 1. The highest BCUT2D eigenvalue weighted by molar-refractivity contribution is 7.71. The monoisotopic (exact) mass is 292 g/mol. The van der Waals surface area contributed by atoms with Gasteiger partial charge >= 0.3 is 0 Å². The van der Waals surface area contributed by atoms with Gasteiger partial charge in [-0.1, -0.05) is 29.8 Å². The van der Waals surface area contributed by atoms with E-state index in [1.54, 1.807) is 12.1 Å². The number of H-pyrrole nitrogens is 1. The molecule has 0 aliphatic heterocycles. The van der Waals surface area contributed by atoms with E-state index in [1.165, 1.54) is 6.07 Å². The highest BCUT2D eigenvalue weighted by Crippen LogP contribution is 2.19. The topological polar surface area (TPSA) is 20.7 Å². The smallest absolute Gasteiger partial charge is 0.178 e. The van der Waals surface area contributed by atoms with Crippen molar-refractivity contribution in [3.8, 4) is 0 Å². The fourth-order valence-electron chi connectivity index (χ4n) is 2.08. The molecular formula is C14H10ClFN2S. The average Bonchev–Trinajstić information content (AvgIpc) is 2.71. The third-order valence-corrected chi connectivity index (χ3v) is 3.62. The summed E-state index contributed by atoms with van der Waals surface area (Å²) in [7, 11) is 0. The minimum absolute atomic E-state index is 0.129. The van der Waals surface area contributed by atoms with Gasteiger partial charge in [-0.05, 0) is 42.0 Å². The Balaban J connectivity index is 2.08. The van der Waals surface area contributed by atoms with Crippen LogP contribution in [0.2, 0.25) is 5.02 Å². The molecule has 3 aromatic rings. The van der Waals surface area contributed by atoms with Crippen molar-refractivity contribution in [2.24, 2.45) is 0 Å². The number of nitrogens with zero attached hydrogens (tertiary/aromatic N) is 1. The molecule has 2 aromatic carbocycles. The molecule has 0 saturated carbocycles. The Morgan fingerprint density at radius 1 is 1.21 bits per heavy atom. The molecule has 0 unspecified atom stereocenters. The lowest BCUT2D eigenvalue weighted by atomic mass is 10.2. The highest BCUT2D eigenvalue weighted by atomic mass is 35.5. The molecule has 19 heavy (non-hydrogen) atoms. The van der Waals surface area contributed by atoms with Crippen LogP contribution in [0, 0.1) is 10.6 Å². The third-order valence-electron chi connectivity index (χ3n) is 3.01. The second-order valence-corrected chi connectivity index (χ2v) is 5.08. The Labute approximate surface area is 119 Å². The molecule has 0 aliphatic rings. The van der Waals surface area contributed by atoms with Gasteiger partial charge in [-0.3, -0.25) is 0 Å². The van der Waals surface area contributed by atoms with Gasteiger partial charge in [-0.2, -0.15) is 0 Å². The van der Waals surface area contributed by atoms with Crippen molar-refractivity contribution >= 4 is 34.9 Å². The fourth-order valence-corrected chi connectivity index (χ4v) is 2.56. The summed E-state index contributed by atoms with van der Waals surface area (Å²) in [5.74, 6) is -0.409. The predicted octanol–water partition coefficient (Wildman–Crippen LogP) is 4.54. The summed E-state index contributed by atoms with van der Waals surface area (Å²) >= 11 is 11.1. The van der Waals surface area contributed by atoms with Crippen LogP contribution in [-0.2, 0) is 6.54 Å². The Hall–Kier alpha value is -1.65. The van der Waals surface area contributed by atoms with Crippen LogP contribution in [0.4, 0.5) is 4.39 Å². The maximum Gasteiger partial charge on any atom is 0.178 e. The van der Waals surface area contributed by atoms with Crippen LogP contribution in [0.5, 0.6) is 0 Å². The van der Waals surface area contributed by atoms with Crippen LogP contribution >= 0.6 is 23.8 Å². The molecule has 0 aliphatic carbocycles. The predicted molar refractivity (Wildman–Crippen MR) is 77.6 cm³/mol. The molecule has 2 nitrogen and oxygen atoms in total. The van der Waals surface area contributed by atoms with Gasteiger partial charge in [0.15, 0.2) is 4.77 Å². The summed E-state index contributed by atoms with van der Waals surface area (Å²) in [6.45, 7) is 0.558. The van der Waals surface area contributed by atoms with E-state index in [0.717, 1.165) is 16.6 Å². The lowest BCUT2D eigenvalue weighted by Gasteiger charge is -2.05. The average molecular weight is 293 g/mol. The van der Waals surface area contributed by atoms with Crippen LogP contribution < -0.4 is 0 Å². The van der Waals surface area contributed by atoms with Gasteiger partial charge in [-0.15, -0.1) is 0 Å². The third kappa shape index (κ3) is 2.29. The number of aromatic nitrogens is 2. The molecule has 1 heterocycles. The standard InChI is InChI=1S/C14H10ClFN2S/c15-10-7-9(5-6-11(10)16)8-18-13-4-2-1-3-12(13)17-14(18)19/h1-7H,8H2,(H,17,19). The molecule has 96 valence electrons. The molecule has 0 spiro atoms. The van der Waals surface area contributed by atoms with E-state index in [-0.39, 0.29) is 5.02 Å². The van der Waals surface area contributed by atoms with E-state index in [0.29, 0.717) is 11.3 Å². The summed E-state index contributed by atoms with van der Waals surface area (Å²) in [4.78, 5) is 3.14. The molecule has 0 amide bonds. The van der Waals surface area contributed by atoms with Crippen molar-refractivity contribution in [2.45, 2.75) is 6.54 Å². The summed E-state index contributed by atoms with van der Waals surface area (Å²) in [6.07, 6.45) is 0. The number of halogens is 2. The van der Waals surface area contributed by atoms with Crippen molar-refractivity contribution in [1.29, 1.82) is 0 Å². The zero-order chi connectivity index (χ0) is 13.4. The first kappa shape index (κ1) is 12.4. The lowest BCUT2D eigenvalue weighted by molar-refractivity contribution is 0.627. The fraction of sp³-hybridized carbons (Fsp3) is 0.0714. The van der Waals surface area contributed by atoms with Crippen molar-refractivity contribution in [1.82, 2.24) is 9.55 Å². The molecule has 0 fully saturated rings. The number of benzene rings is 2. The largest absolute Gasteiger partial charge is 0.331 e. The number of para-hydroxylation sites is 2. The Morgan fingerprint density at radius 2 is 2.00 bits per heavy atom. The van der Waals surface area contributed by atoms with Gasteiger partial charge in [0.25, 0.3) is 0 Å². The first-order valence-electron chi connectivity index (χ1n) is 5.76. The molecule has 0 atom stereocenters. The van der Waals surface area contributed by atoms with Gasteiger partial charge in [0.05, 0.1) is 22.6 Å². The summed E-state index contributed by atoms with van der Waals surface area (Å²) in [5, 5.41) is 0.129. The second-order valence-electron chi connectivity index (χ2n) is 4.28. The van der Waals surface area contributed by atoms with E-state index >= 15 is 0 Å². The SMILES string of the molecule is Fc1ccc(Cn2c(=S)[nH]c3ccccc32)cc1Cl. The first-order valence-corrected chi connectivity index (χ1v) is 6.55. The summed E-state index contributed by atoms with van der Waals surface area (Å²) in [5.41, 5.74) is 2.92. The van der Waals surface area contributed by atoms with Crippen molar-refractivity contribution in [3.63, 3.8) is 0 Å². The van der Waals surface area contributed by atoms with Gasteiger partial charge in [-0.25, -0.2) is 4.39 Å². The molecule has 0 bridgehead atoms. The van der Waals surface area contributed by atoms with Crippen LogP contribution in [-0.4, -0.2) is 9.55 Å². The number of hydrogen-bond donors (Lipinski definition) is 1. The minimum atomic E-state index is -0.409. The van der Waals surface area contributed by atoms with E-state index in [4.69, 9.17) is 23.8 Å². The molecule has 0 radical (unpaired) electrons. The molecule has 5 heteroatoms. The zero-order valence-corrected chi connectivity index (χ0v) is 11.4. The molecule has 1 N–H and O–H groups in total. The zero-order valence-electron chi connectivity index (χ0n) is 9.86. The van der Waals surface area contributed by atoms with Crippen LogP contribution in [0.3, 0.4) is 0 Å². The Morgan fingerprint density at radius 3 is 2.79 bits per heavy atom. The molecule has 1 aromatic heterocycles. The number of fused-ring (bicyclic) bond motifs is 1. The van der Waals surface area contributed by atoms with Crippen molar-refractivity contribution in [3.05, 3.63) is 63.6 Å². The Bertz CT molecular complexity index is 807. The maximum absolute atomic E-state index is 13.1. The Kier molecular flexibility index (Phi) is 3.12. The van der Waals surface area contributed by atoms with Crippen LogP contribution in [0.15, 0.2) is 42.5 Å². The van der Waals surface area contributed by atoms with Gasteiger partial charge in [0, 0.05) is 0 Å². The lowest BCUT2D eigenvalue weighted by Crippen LogP contribution is -1.99. The van der Waals surface area contributed by atoms with E-state index < -0.39 is 5.82 Å². The van der Waals surface area contributed by atoms with Crippen molar-refractivity contribution in [2.75, 3.05) is 0 Å². The van der Waals surface area contributed by atoms with Crippen LogP contribution in [0.1, 0.15) is 5.56 Å². The van der Waals surface area contributed by atoms with Gasteiger partial charge in [0.2, 0.25) is 0 Å². The van der Waals surface area contributed by atoms with E-state index in [2.05, 4.69) is 4.98 Å². The normalized spacial score (nSPS) is 11.1. The summed E-state index contributed by atoms with van der Waals surface area (Å²) < 4.78 is 15.8. The molecular weight excluding hydrogens is 283 g/mol. The number of rotatable bonds is 2. The van der Waals surface area contributed by atoms with Gasteiger partial charge in [0.1, 0.15) is 5.82 Å².